The van der Waals surface area contributed by atoms with Crippen molar-refractivity contribution >= 4 is 17.2 Å². The van der Waals surface area contributed by atoms with E-state index in [1.807, 2.05) is 6.92 Å². The van der Waals surface area contributed by atoms with E-state index < -0.39 is 0 Å². The zero-order valence-electron chi connectivity index (χ0n) is 10.2. The van der Waals surface area contributed by atoms with Crippen LogP contribution in [0.3, 0.4) is 0 Å². The minimum Gasteiger partial charge on any atom is -0.384 e. The van der Waals surface area contributed by atoms with Gasteiger partial charge in [0.2, 0.25) is 0 Å². The van der Waals surface area contributed by atoms with E-state index in [-0.39, 0.29) is 18.1 Å². The van der Waals surface area contributed by atoms with Crippen molar-refractivity contribution in [3.63, 3.8) is 0 Å². The zero-order chi connectivity index (χ0) is 13.0. The van der Waals surface area contributed by atoms with Gasteiger partial charge in [-0.1, -0.05) is 11.8 Å². The number of carbonyl (C=O) groups is 1. The molecule has 2 rings (SSSR count). The predicted octanol–water partition coefficient (Wildman–Crippen LogP) is 1.00. The fraction of sp³-hybridized carbons (Fsp3) is 0.462. The number of rotatable bonds is 2. The highest BCUT2D eigenvalue weighted by Crippen LogP contribution is 2.20. The van der Waals surface area contributed by atoms with Crippen molar-refractivity contribution in [3.05, 3.63) is 21.9 Å². The number of amides is 1. The number of carbonyl (C=O) groups excluding carboxylic acids is 1. The monoisotopic (exact) mass is 265 g/mol. The highest BCUT2D eigenvalue weighted by Gasteiger charge is 2.31. The van der Waals surface area contributed by atoms with Crippen molar-refractivity contribution in [2.75, 3.05) is 19.8 Å². The van der Waals surface area contributed by atoms with Crippen LogP contribution in [0, 0.1) is 11.8 Å². The zero-order valence-corrected chi connectivity index (χ0v) is 11.0. The van der Waals surface area contributed by atoms with E-state index in [0.29, 0.717) is 18.1 Å². The Balaban J connectivity index is 2.02. The molecule has 1 aromatic heterocycles. The number of aliphatic hydroxyl groups excluding tert-OH is 1. The molecule has 5 heteroatoms. The highest BCUT2D eigenvalue weighted by atomic mass is 32.1. The average Bonchev–Trinajstić information content (AvgIpc) is 2.95. The summed E-state index contributed by atoms with van der Waals surface area (Å²) in [6.07, 6.45) is 0.835. The molecule has 0 bridgehead atoms. The summed E-state index contributed by atoms with van der Waals surface area (Å²) in [5.74, 6) is 5.26. The SMILES string of the molecule is CC1(NC(=O)c2ccc(C#CCO)s2)CCOC1. The van der Waals surface area contributed by atoms with Crippen LogP contribution < -0.4 is 5.32 Å². The molecule has 96 valence electrons. The third-order valence-electron chi connectivity index (χ3n) is 2.75. The van der Waals surface area contributed by atoms with Gasteiger partial charge in [-0.05, 0) is 25.5 Å². The fourth-order valence-corrected chi connectivity index (χ4v) is 2.53. The lowest BCUT2D eigenvalue weighted by Gasteiger charge is -2.22. The summed E-state index contributed by atoms with van der Waals surface area (Å²) in [6, 6.07) is 3.54. The maximum Gasteiger partial charge on any atom is 0.261 e. The quantitative estimate of drug-likeness (QED) is 0.784. The Morgan fingerprint density at radius 3 is 3.17 bits per heavy atom. The van der Waals surface area contributed by atoms with Crippen LogP contribution in [0.2, 0.25) is 0 Å². The van der Waals surface area contributed by atoms with Crippen LogP contribution >= 0.6 is 11.3 Å². The Morgan fingerprint density at radius 1 is 1.67 bits per heavy atom. The van der Waals surface area contributed by atoms with Crippen molar-refractivity contribution in [2.24, 2.45) is 0 Å². The minimum absolute atomic E-state index is 0.0925. The molecule has 0 saturated carbocycles. The molecular weight excluding hydrogens is 250 g/mol. The molecule has 1 aromatic rings. The van der Waals surface area contributed by atoms with Gasteiger partial charge in [0, 0.05) is 6.61 Å². The fourth-order valence-electron chi connectivity index (χ4n) is 1.76. The first-order chi connectivity index (χ1) is 8.63. The number of hydrogen-bond acceptors (Lipinski definition) is 4. The van der Waals surface area contributed by atoms with Gasteiger partial charge in [0.15, 0.2) is 0 Å². The van der Waals surface area contributed by atoms with Crippen LogP contribution in [0.1, 0.15) is 27.9 Å². The standard InChI is InChI=1S/C13H15NO3S/c1-13(6-8-17-9-13)14-12(16)11-5-4-10(18-11)3-2-7-15/h4-5,15H,6-9H2,1H3,(H,14,16). The van der Waals surface area contributed by atoms with E-state index in [4.69, 9.17) is 9.84 Å². The summed E-state index contributed by atoms with van der Waals surface area (Å²) < 4.78 is 5.29. The largest absolute Gasteiger partial charge is 0.384 e. The van der Waals surface area contributed by atoms with Gasteiger partial charge in [0.1, 0.15) is 6.61 Å². The molecule has 4 nitrogen and oxygen atoms in total. The maximum absolute atomic E-state index is 12.0. The van der Waals surface area contributed by atoms with Crippen molar-refractivity contribution < 1.29 is 14.6 Å². The van der Waals surface area contributed by atoms with Crippen LogP contribution in [0.4, 0.5) is 0 Å². The molecule has 1 unspecified atom stereocenters. The number of nitrogens with one attached hydrogen (secondary N) is 1. The molecule has 1 aliphatic rings. The van der Waals surface area contributed by atoms with Gasteiger partial charge in [0.25, 0.3) is 5.91 Å². The van der Waals surface area contributed by atoms with Gasteiger partial charge in [0.05, 0.1) is 21.9 Å². The van der Waals surface area contributed by atoms with Crippen molar-refractivity contribution in [1.29, 1.82) is 0 Å². The van der Waals surface area contributed by atoms with Crippen LogP contribution in [0.25, 0.3) is 0 Å². The topological polar surface area (TPSA) is 58.6 Å². The van der Waals surface area contributed by atoms with E-state index in [2.05, 4.69) is 17.2 Å². The lowest BCUT2D eigenvalue weighted by Crippen LogP contribution is -2.46. The summed E-state index contributed by atoms with van der Waals surface area (Å²) in [5, 5.41) is 11.6. The van der Waals surface area contributed by atoms with Crippen LogP contribution in [0.15, 0.2) is 12.1 Å². The Bertz CT molecular complexity index is 492. The van der Waals surface area contributed by atoms with Crippen LogP contribution in [-0.4, -0.2) is 36.4 Å². The Hall–Kier alpha value is -1.35. The summed E-state index contributed by atoms with van der Waals surface area (Å²) in [5.41, 5.74) is -0.266. The molecule has 1 fully saturated rings. The Morgan fingerprint density at radius 2 is 2.50 bits per heavy atom. The molecule has 1 saturated heterocycles. The normalized spacial score (nSPS) is 22.3. The van der Waals surface area contributed by atoms with E-state index >= 15 is 0 Å². The first-order valence-corrected chi connectivity index (χ1v) is 6.54. The van der Waals surface area contributed by atoms with Gasteiger partial charge >= 0.3 is 0 Å². The molecule has 0 aromatic carbocycles. The van der Waals surface area contributed by atoms with E-state index in [9.17, 15) is 4.79 Å². The van der Waals surface area contributed by atoms with Crippen molar-refractivity contribution in [2.45, 2.75) is 18.9 Å². The first-order valence-electron chi connectivity index (χ1n) is 5.73. The number of aliphatic hydroxyl groups is 1. The molecule has 18 heavy (non-hydrogen) atoms. The van der Waals surface area contributed by atoms with Gasteiger partial charge in [-0.3, -0.25) is 4.79 Å². The third-order valence-corrected chi connectivity index (χ3v) is 3.75. The average molecular weight is 265 g/mol. The second-order valence-electron chi connectivity index (χ2n) is 4.44. The predicted molar refractivity (Wildman–Crippen MR) is 69.6 cm³/mol. The second kappa shape index (κ2) is 5.53. The molecule has 0 radical (unpaired) electrons. The molecule has 1 amide bonds. The summed E-state index contributed by atoms with van der Waals surface area (Å²) in [7, 11) is 0. The van der Waals surface area contributed by atoms with Gasteiger partial charge in [-0.15, -0.1) is 11.3 Å². The number of thiophene rings is 1. The van der Waals surface area contributed by atoms with Gasteiger partial charge in [-0.25, -0.2) is 0 Å². The first kappa shape index (κ1) is 13.1. The second-order valence-corrected chi connectivity index (χ2v) is 5.52. The van der Waals surface area contributed by atoms with Gasteiger partial charge < -0.3 is 15.2 Å². The molecular formula is C13H15NO3S. The molecule has 0 spiro atoms. The summed E-state index contributed by atoms with van der Waals surface area (Å²) in [6.45, 7) is 3.06. The van der Waals surface area contributed by atoms with Crippen LogP contribution in [0.5, 0.6) is 0 Å². The van der Waals surface area contributed by atoms with Crippen molar-refractivity contribution in [3.8, 4) is 11.8 Å². The van der Waals surface area contributed by atoms with Crippen LogP contribution in [-0.2, 0) is 4.74 Å². The smallest absolute Gasteiger partial charge is 0.261 e. The number of ether oxygens (including phenoxy) is 1. The van der Waals surface area contributed by atoms with Gasteiger partial charge in [-0.2, -0.15) is 0 Å². The summed E-state index contributed by atoms with van der Waals surface area (Å²) in [4.78, 5) is 13.4. The lowest BCUT2D eigenvalue weighted by molar-refractivity contribution is 0.0894. The third kappa shape index (κ3) is 3.10. The molecule has 2 N–H and O–H groups in total. The highest BCUT2D eigenvalue weighted by molar-refractivity contribution is 7.14. The number of hydrogen-bond donors (Lipinski definition) is 2. The van der Waals surface area contributed by atoms with E-state index in [1.54, 1.807) is 12.1 Å². The molecule has 1 aliphatic heterocycles. The van der Waals surface area contributed by atoms with E-state index in [1.165, 1.54) is 11.3 Å². The molecule has 2 heterocycles. The lowest BCUT2D eigenvalue weighted by atomic mass is 10.0. The molecule has 1 atom stereocenters. The minimum atomic E-state index is -0.266. The Labute approximate surface area is 110 Å². The Kier molecular flexibility index (Phi) is 4.02. The van der Waals surface area contributed by atoms with Crippen molar-refractivity contribution in [1.82, 2.24) is 5.32 Å². The summed E-state index contributed by atoms with van der Waals surface area (Å²) >= 11 is 1.33. The molecule has 0 aliphatic carbocycles. The maximum atomic E-state index is 12.0. The van der Waals surface area contributed by atoms with E-state index in [0.717, 1.165) is 11.3 Å².